The van der Waals surface area contributed by atoms with E-state index in [4.69, 9.17) is 16.3 Å². The van der Waals surface area contributed by atoms with Crippen molar-refractivity contribution in [3.8, 4) is 16.9 Å². The van der Waals surface area contributed by atoms with E-state index in [-0.39, 0.29) is 5.92 Å². The van der Waals surface area contributed by atoms with E-state index in [1.807, 2.05) is 38.4 Å². The van der Waals surface area contributed by atoms with Crippen LogP contribution in [0.4, 0.5) is 0 Å². The Morgan fingerprint density at radius 3 is 2.27 bits per heavy atom. The summed E-state index contributed by atoms with van der Waals surface area (Å²) in [6.45, 7) is 6.19. The van der Waals surface area contributed by atoms with Crippen LogP contribution in [0, 0.1) is 5.92 Å². The third-order valence-corrected chi connectivity index (χ3v) is 6.70. The summed E-state index contributed by atoms with van der Waals surface area (Å²) in [6.07, 6.45) is 12.3. The van der Waals surface area contributed by atoms with Crippen LogP contribution in [0.3, 0.4) is 0 Å². The predicted molar refractivity (Wildman–Crippen MR) is 126 cm³/mol. The van der Waals surface area contributed by atoms with Gasteiger partial charge in [-0.15, -0.1) is 11.6 Å². The van der Waals surface area contributed by atoms with Crippen molar-refractivity contribution in [2.75, 3.05) is 5.75 Å². The molecule has 0 saturated heterocycles. The molecule has 2 aromatic rings. The number of thioether (sulfide) groups is 1. The molecular formula is C24H33ClN2O2S. The zero-order valence-corrected chi connectivity index (χ0v) is 19.8. The molecule has 0 fully saturated rings. The van der Waals surface area contributed by atoms with Gasteiger partial charge in [0.1, 0.15) is 11.1 Å². The maximum absolute atomic E-state index is 12.1. The lowest BCUT2D eigenvalue weighted by molar-refractivity contribution is -0.134. The molecule has 0 amide bonds. The van der Waals surface area contributed by atoms with E-state index in [0.717, 1.165) is 28.5 Å². The fourth-order valence-corrected chi connectivity index (χ4v) is 3.92. The van der Waals surface area contributed by atoms with E-state index in [0.29, 0.717) is 5.75 Å². The smallest absolute Gasteiger partial charge is 0.329 e. The quantitative estimate of drug-likeness (QED) is 0.0812. The van der Waals surface area contributed by atoms with Gasteiger partial charge >= 0.3 is 5.97 Å². The van der Waals surface area contributed by atoms with E-state index in [1.165, 1.54) is 38.5 Å². The minimum Gasteiger partial charge on any atom is -0.425 e. The normalized spacial score (nSPS) is 13.1. The molecule has 0 saturated carbocycles. The Balaban J connectivity index is 1.81. The van der Waals surface area contributed by atoms with E-state index in [1.54, 1.807) is 23.9 Å². The number of carbonyl (C=O) groups excluding carboxylic acids is 1. The number of hydrogen-bond donors (Lipinski definition) is 0. The lowest BCUT2D eigenvalue weighted by atomic mass is 10.1. The van der Waals surface area contributed by atoms with Gasteiger partial charge in [0, 0.05) is 23.7 Å². The van der Waals surface area contributed by atoms with Gasteiger partial charge in [-0.1, -0.05) is 83.2 Å². The molecule has 0 bridgehead atoms. The summed E-state index contributed by atoms with van der Waals surface area (Å²) in [6, 6.07) is 7.34. The van der Waals surface area contributed by atoms with Crippen molar-refractivity contribution in [2.45, 2.75) is 76.3 Å². The topological polar surface area (TPSA) is 52.1 Å². The van der Waals surface area contributed by atoms with E-state index in [9.17, 15) is 4.79 Å². The summed E-state index contributed by atoms with van der Waals surface area (Å²) in [5.74, 6) is 1.22. The highest BCUT2D eigenvalue weighted by Gasteiger charge is 2.23. The van der Waals surface area contributed by atoms with E-state index >= 15 is 0 Å². The van der Waals surface area contributed by atoms with Gasteiger partial charge in [-0.25, -0.2) is 9.97 Å². The van der Waals surface area contributed by atoms with Crippen LogP contribution in [0.2, 0.25) is 0 Å². The van der Waals surface area contributed by atoms with Crippen LogP contribution in [-0.4, -0.2) is 27.1 Å². The largest absolute Gasteiger partial charge is 0.425 e. The summed E-state index contributed by atoms with van der Waals surface area (Å²) < 4.78 is 5.39. The molecule has 2 unspecified atom stereocenters. The minimum atomic E-state index is -0.635. The zero-order chi connectivity index (χ0) is 21.8. The van der Waals surface area contributed by atoms with Gasteiger partial charge in [0.05, 0.1) is 0 Å². The number of carbonyl (C=O) groups is 1. The summed E-state index contributed by atoms with van der Waals surface area (Å²) in [7, 11) is 0. The monoisotopic (exact) mass is 448 g/mol. The second-order valence-electron chi connectivity index (χ2n) is 7.60. The average Bonchev–Trinajstić information content (AvgIpc) is 2.78. The van der Waals surface area contributed by atoms with E-state index in [2.05, 4.69) is 16.9 Å². The van der Waals surface area contributed by atoms with Gasteiger partial charge in [0.2, 0.25) is 0 Å². The maximum Gasteiger partial charge on any atom is 0.329 e. The number of aromatic nitrogens is 2. The Hall–Kier alpha value is -1.59. The van der Waals surface area contributed by atoms with Crippen LogP contribution < -0.4 is 4.74 Å². The molecule has 0 aliphatic carbocycles. The molecule has 0 spiro atoms. The Bertz CT molecular complexity index is 753. The number of nitrogens with zero attached hydrogens (tertiary/aromatic N) is 2. The third-order valence-electron chi connectivity index (χ3n) is 5.13. The summed E-state index contributed by atoms with van der Waals surface area (Å²) >= 11 is 7.87. The maximum atomic E-state index is 12.1. The Morgan fingerprint density at radius 2 is 1.63 bits per heavy atom. The highest BCUT2D eigenvalue weighted by atomic mass is 35.5. The number of ether oxygens (including phenoxy) is 1. The molecule has 1 aromatic heterocycles. The second kappa shape index (κ2) is 13.7. The number of alkyl halides is 1. The number of rotatable bonds is 13. The van der Waals surface area contributed by atoms with Crippen molar-refractivity contribution < 1.29 is 9.53 Å². The summed E-state index contributed by atoms with van der Waals surface area (Å²) in [4.78, 5) is 21.1. The van der Waals surface area contributed by atoms with Crippen molar-refractivity contribution in [3.05, 3.63) is 36.7 Å². The van der Waals surface area contributed by atoms with Crippen LogP contribution in [0.1, 0.15) is 65.7 Å². The van der Waals surface area contributed by atoms with Crippen molar-refractivity contribution in [1.82, 2.24) is 9.97 Å². The predicted octanol–water partition coefficient (Wildman–Crippen LogP) is 7.16. The first-order valence-corrected chi connectivity index (χ1v) is 12.4. The highest BCUT2D eigenvalue weighted by Crippen LogP contribution is 2.24. The fourth-order valence-electron chi connectivity index (χ4n) is 2.91. The summed E-state index contributed by atoms with van der Waals surface area (Å²) in [5.41, 5.74) is 1.92. The molecular weight excluding hydrogens is 416 g/mol. The molecule has 0 N–H and O–H groups in total. The van der Waals surface area contributed by atoms with Gasteiger partial charge in [0.15, 0.2) is 5.16 Å². The van der Waals surface area contributed by atoms with Crippen molar-refractivity contribution in [3.63, 3.8) is 0 Å². The first-order chi connectivity index (χ1) is 14.5. The van der Waals surface area contributed by atoms with Gasteiger partial charge < -0.3 is 4.74 Å². The Labute approximate surface area is 190 Å². The van der Waals surface area contributed by atoms with E-state index < -0.39 is 11.3 Å². The van der Waals surface area contributed by atoms with Crippen molar-refractivity contribution in [2.24, 2.45) is 5.92 Å². The lowest BCUT2D eigenvalue weighted by Gasteiger charge is -2.15. The lowest BCUT2D eigenvalue weighted by Crippen LogP contribution is -2.26. The average molecular weight is 449 g/mol. The number of unbranched alkanes of at least 4 members (excludes halogenated alkanes) is 5. The number of halogens is 1. The molecule has 4 nitrogen and oxygen atoms in total. The van der Waals surface area contributed by atoms with Gasteiger partial charge in [-0.3, -0.25) is 4.79 Å². The highest BCUT2D eigenvalue weighted by molar-refractivity contribution is 7.99. The fraction of sp³-hybridized carbons (Fsp3) is 0.542. The molecule has 2 atom stereocenters. The molecule has 0 aliphatic heterocycles. The van der Waals surface area contributed by atoms with Gasteiger partial charge in [-0.2, -0.15) is 0 Å². The number of esters is 1. The molecule has 0 radical (unpaired) electrons. The zero-order valence-electron chi connectivity index (χ0n) is 18.3. The van der Waals surface area contributed by atoms with Crippen LogP contribution in [0.15, 0.2) is 41.8 Å². The van der Waals surface area contributed by atoms with Crippen molar-refractivity contribution in [1.29, 1.82) is 0 Å². The number of hydrogen-bond acceptors (Lipinski definition) is 5. The Kier molecular flexibility index (Phi) is 11.2. The van der Waals surface area contributed by atoms with Gasteiger partial charge in [0.25, 0.3) is 0 Å². The first kappa shape index (κ1) is 24.7. The van der Waals surface area contributed by atoms with Crippen molar-refractivity contribution >= 4 is 29.3 Å². The third kappa shape index (κ3) is 8.27. The van der Waals surface area contributed by atoms with Gasteiger partial charge in [-0.05, 0) is 30.0 Å². The molecule has 164 valence electrons. The molecule has 1 aromatic carbocycles. The Morgan fingerprint density at radius 1 is 1.00 bits per heavy atom. The standard InChI is InChI=1S/C24H33ClN2O2S/c1-4-6-7-8-9-10-15-30-24-26-16-20(17-27-24)19-11-13-21(14-12-19)29-23(28)22(25)18(3)5-2/h11-14,16-18,22H,4-10,15H2,1-3H3. The van der Waals surface area contributed by atoms with Crippen LogP contribution >= 0.6 is 23.4 Å². The minimum absolute atomic E-state index is 0.0769. The van der Waals surface area contributed by atoms with Crippen LogP contribution in [0.5, 0.6) is 5.75 Å². The molecule has 2 rings (SSSR count). The molecule has 6 heteroatoms. The molecule has 0 aliphatic rings. The molecule has 1 heterocycles. The molecule has 30 heavy (non-hydrogen) atoms. The SMILES string of the molecule is CCCCCCCCSc1ncc(-c2ccc(OC(=O)C(Cl)C(C)CC)cc2)cn1. The second-order valence-corrected chi connectivity index (χ2v) is 9.14. The number of benzene rings is 1. The summed E-state index contributed by atoms with van der Waals surface area (Å²) in [5, 5.41) is 0.181. The van der Waals surface area contributed by atoms with Crippen LogP contribution in [0.25, 0.3) is 11.1 Å². The first-order valence-electron chi connectivity index (χ1n) is 11.0. The van der Waals surface area contributed by atoms with Crippen LogP contribution in [-0.2, 0) is 4.79 Å².